The Balaban J connectivity index is 1.67. The number of thiophene rings is 1. The Morgan fingerprint density at radius 2 is 2.32 bits per heavy atom. The molecule has 1 aromatic rings. The molecule has 1 aliphatic heterocycles. The second-order valence-corrected chi connectivity index (χ2v) is 6.35. The highest BCUT2D eigenvalue weighted by Gasteiger charge is 2.28. The lowest BCUT2D eigenvalue weighted by Crippen LogP contribution is -2.44. The summed E-state index contributed by atoms with van der Waals surface area (Å²) in [6, 6.07) is 2.24. The number of nitrogens with zero attached hydrogens (tertiary/aromatic N) is 1. The van der Waals surface area contributed by atoms with Gasteiger partial charge in [-0.1, -0.05) is 0 Å². The van der Waals surface area contributed by atoms with E-state index in [0.717, 1.165) is 19.5 Å². The molecule has 0 aromatic carbocycles. The van der Waals surface area contributed by atoms with E-state index >= 15 is 0 Å². The second kappa shape index (κ2) is 7.43. The maximum atomic E-state index is 11.9. The van der Waals surface area contributed by atoms with Crippen molar-refractivity contribution in [3.63, 3.8) is 0 Å². The summed E-state index contributed by atoms with van der Waals surface area (Å²) in [5.74, 6) is -0.524. The number of ether oxygens (including phenoxy) is 1. The third-order valence-corrected chi connectivity index (χ3v) is 4.58. The van der Waals surface area contributed by atoms with E-state index in [0.29, 0.717) is 6.54 Å². The molecule has 0 radical (unpaired) electrons. The van der Waals surface area contributed by atoms with Gasteiger partial charge in [0.25, 0.3) is 0 Å². The first kappa shape index (κ1) is 17.2. The highest BCUT2D eigenvalue weighted by atomic mass is 32.1. The molecule has 1 aromatic heterocycles. The molecule has 2 heterocycles. The van der Waals surface area contributed by atoms with Crippen molar-refractivity contribution in [3.05, 3.63) is 21.9 Å². The molecule has 2 rings (SSSR count). The van der Waals surface area contributed by atoms with E-state index in [1.165, 1.54) is 10.4 Å². The van der Waals surface area contributed by atoms with Gasteiger partial charge in [0.05, 0.1) is 0 Å². The third-order valence-electron chi connectivity index (χ3n) is 3.55. The first-order chi connectivity index (χ1) is 10.3. The molecule has 0 fully saturated rings. The van der Waals surface area contributed by atoms with Crippen molar-refractivity contribution in [1.82, 2.24) is 10.2 Å². The molecule has 0 spiro atoms. The topological polar surface area (TPSA) is 41.6 Å². The van der Waals surface area contributed by atoms with E-state index in [1.54, 1.807) is 11.3 Å². The molecule has 22 heavy (non-hydrogen) atoms. The molecular formula is C14H19F3N2O2S. The molecule has 4 nitrogen and oxygen atoms in total. The van der Waals surface area contributed by atoms with Crippen LogP contribution in [0.15, 0.2) is 11.4 Å². The normalized spacial score (nSPS) is 17.1. The van der Waals surface area contributed by atoms with Gasteiger partial charge in [0, 0.05) is 30.6 Å². The van der Waals surface area contributed by atoms with E-state index in [-0.39, 0.29) is 6.04 Å². The maximum absolute atomic E-state index is 11.9. The summed E-state index contributed by atoms with van der Waals surface area (Å²) in [5, 5.41) is 4.70. The van der Waals surface area contributed by atoms with Crippen LogP contribution in [0, 0.1) is 0 Å². The van der Waals surface area contributed by atoms with Crippen LogP contribution in [-0.4, -0.2) is 49.3 Å². The highest BCUT2D eigenvalue weighted by molar-refractivity contribution is 7.10. The fourth-order valence-corrected chi connectivity index (χ4v) is 3.24. The Hall–Kier alpha value is -1.12. The van der Waals surface area contributed by atoms with Gasteiger partial charge in [0.15, 0.2) is 0 Å². The summed E-state index contributed by atoms with van der Waals surface area (Å²) in [5.41, 5.74) is 1.32. The Kier molecular flexibility index (Phi) is 5.82. The molecule has 1 atom stereocenters. The number of nitrogens with one attached hydrogen (secondary N) is 1. The zero-order valence-electron chi connectivity index (χ0n) is 12.3. The minimum Gasteiger partial charge on any atom is -0.362 e. The quantitative estimate of drug-likeness (QED) is 0.866. The van der Waals surface area contributed by atoms with Gasteiger partial charge in [0.2, 0.25) is 5.91 Å². The molecule has 0 saturated carbocycles. The average Bonchev–Trinajstić information content (AvgIpc) is 2.90. The Morgan fingerprint density at radius 3 is 3.05 bits per heavy atom. The van der Waals surface area contributed by atoms with Gasteiger partial charge >= 0.3 is 6.18 Å². The van der Waals surface area contributed by atoms with Crippen molar-refractivity contribution in [3.8, 4) is 0 Å². The standard InChI is InChI=1S/C14H19F3N2O2S/c1-10(6-18-13(20)8-21-9-14(15,16)17)19-4-2-12-11(7-19)3-5-22-12/h3,5,10H,2,4,6-9H2,1H3,(H,18,20)/t10-/m1/s1. The monoisotopic (exact) mass is 336 g/mol. The zero-order chi connectivity index (χ0) is 16.2. The van der Waals surface area contributed by atoms with Crippen LogP contribution in [0.3, 0.4) is 0 Å². The predicted molar refractivity (Wildman–Crippen MR) is 77.8 cm³/mol. The molecule has 8 heteroatoms. The summed E-state index contributed by atoms with van der Waals surface area (Å²) >= 11 is 1.76. The van der Waals surface area contributed by atoms with E-state index in [4.69, 9.17) is 0 Å². The number of halogens is 3. The molecule has 1 aliphatic rings. The van der Waals surface area contributed by atoms with Crippen LogP contribution in [-0.2, 0) is 22.5 Å². The Morgan fingerprint density at radius 1 is 1.55 bits per heavy atom. The summed E-state index contributed by atoms with van der Waals surface area (Å²) in [6.07, 6.45) is -3.40. The number of rotatable bonds is 6. The molecule has 1 N–H and O–H groups in total. The third kappa shape index (κ3) is 5.26. The summed E-state index contributed by atoms with van der Waals surface area (Å²) in [7, 11) is 0. The first-order valence-corrected chi connectivity index (χ1v) is 7.93. The van der Waals surface area contributed by atoms with Crippen LogP contribution < -0.4 is 5.32 Å². The lowest BCUT2D eigenvalue weighted by Gasteiger charge is -2.32. The maximum Gasteiger partial charge on any atom is 0.411 e. The minimum absolute atomic E-state index is 0.125. The van der Waals surface area contributed by atoms with Crippen LogP contribution >= 0.6 is 11.3 Å². The van der Waals surface area contributed by atoms with E-state index in [1.807, 2.05) is 6.92 Å². The van der Waals surface area contributed by atoms with Crippen molar-refractivity contribution in [2.75, 3.05) is 26.3 Å². The van der Waals surface area contributed by atoms with Gasteiger partial charge in [-0.2, -0.15) is 13.2 Å². The largest absolute Gasteiger partial charge is 0.411 e. The van der Waals surface area contributed by atoms with Gasteiger partial charge in [-0.25, -0.2) is 0 Å². The van der Waals surface area contributed by atoms with Gasteiger partial charge in [-0.05, 0) is 30.4 Å². The number of fused-ring (bicyclic) bond motifs is 1. The molecule has 0 saturated heterocycles. The summed E-state index contributed by atoms with van der Waals surface area (Å²) in [6.45, 7) is 2.20. The molecular weight excluding hydrogens is 317 g/mol. The van der Waals surface area contributed by atoms with Crippen LogP contribution in [0.25, 0.3) is 0 Å². The molecule has 124 valence electrons. The van der Waals surface area contributed by atoms with Crippen molar-refractivity contribution >= 4 is 17.2 Å². The molecule has 0 aliphatic carbocycles. The number of carbonyl (C=O) groups excluding carboxylic acids is 1. The Bertz CT molecular complexity index is 505. The number of carbonyl (C=O) groups is 1. The SMILES string of the molecule is C[C@H](CNC(=O)COCC(F)(F)F)N1CCc2sccc2C1. The second-order valence-electron chi connectivity index (χ2n) is 5.35. The van der Waals surface area contributed by atoms with Crippen LogP contribution in [0.4, 0.5) is 13.2 Å². The number of alkyl halides is 3. The van der Waals surface area contributed by atoms with Crippen molar-refractivity contribution in [2.45, 2.75) is 32.1 Å². The first-order valence-electron chi connectivity index (χ1n) is 7.05. The lowest BCUT2D eigenvalue weighted by atomic mass is 10.1. The van der Waals surface area contributed by atoms with Gasteiger partial charge in [0.1, 0.15) is 13.2 Å². The van der Waals surface area contributed by atoms with Crippen molar-refractivity contribution in [1.29, 1.82) is 0 Å². The minimum atomic E-state index is -4.40. The van der Waals surface area contributed by atoms with Crippen molar-refractivity contribution < 1.29 is 22.7 Å². The van der Waals surface area contributed by atoms with Gasteiger partial charge < -0.3 is 10.1 Å². The van der Waals surface area contributed by atoms with Crippen LogP contribution in [0.5, 0.6) is 0 Å². The predicted octanol–water partition coefficient (Wildman–Crippen LogP) is 2.19. The summed E-state index contributed by atoms with van der Waals surface area (Å²) < 4.78 is 40.0. The van der Waals surface area contributed by atoms with E-state index in [2.05, 4.69) is 26.4 Å². The fraction of sp³-hybridized carbons (Fsp3) is 0.643. The fourth-order valence-electron chi connectivity index (χ4n) is 2.35. The lowest BCUT2D eigenvalue weighted by molar-refractivity contribution is -0.175. The zero-order valence-corrected chi connectivity index (χ0v) is 13.1. The highest BCUT2D eigenvalue weighted by Crippen LogP contribution is 2.24. The van der Waals surface area contributed by atoms with Crippen LogP contribution in [0.2, 0.25) is 0 Å². The Labute approximate surface area is 131 Å². The van der Waals surface area contributed by atoms with E-state index in [9.17, 15) is 18.0 Å². The van der Waals surface area contributed by atoms with Crippen LogP contribution in [0.1, 0.15) is 17.4 Å². The summed E-state index contributed by atoms with van der Waals surface area (Å²) in [4.78, 5) is 15.1. The molecule has 1 amide bonds. The smallest absolute Gasteiger partial charge is 0.362 e. The number of amides is 1. The van der Waals surface area contributed by atoms with Gasteiger partial charge in [-0.15, -0.1) is 11.3 Å². The van der Waals surface area contributed by atoms with Gasteiger partial charge in [-0.3, -0.25) is 9.69 Å². The molecule has 0 bridgehead atoms. The van der Waals surface area contributed by atoms with E-state index < -0.39 is 25.3 Å². The van der Waals surface area contributed by atoms with Crippen molar-refractivity contribution in [2.24, 2.45) is 0 Å². The molecule has 0 unspecified atom stereocenters. The number of hydrogen-bond acceptors (Lipinski definition) is 4. The average molecular weight is 336 g/mol. The number of hydrogen-bond donors (Lipinski definition) is 1.